The number of nitrogens with one attached hydrogen (secondary N) is 1. The van der Waals surface area contributed by atoms with Gasteiger partial charge in [0.25, 0.3) is 0 Å². The molecule has 118 valence electrons. The summed E-state index contributed by atoms with van der Waals surface area (Å²) in [5.41, 5.74) is 0. The lowest BCUT2D eigenvalue weighted by atomic mass is 9.95. The molecule has 1 aromatic carbocycles. The van der Waals surface area contributed by atoms with Crippen LogP contribution in [-0.4, -0.2) is 33.4 Å². The van der Waals surface area contributed by atoms with Crippen molar-refractivity contribution in [2.75, 3.05) is 13.7 Å². The molecule has 1 aliphatic rings. The number of sulfone groups is 1. The lowest BCUT2D eigenvalue weighted by molar-refractivity contribution is 0.368. The van der Waals surface area contributed by atoms with Gasteiger partial charge in [-0.15, -0.1) is 0 Å². The number of ether oxygens (including phenoxy) is 1. The molecule has 0 amide bonds. The van der Waals surface area contributed by atoms with Crippen molar-refractivity contribution in [1.29, 1.82) is 0 Å². The van der Waals surface area contributed by atoms with Crippen LogP contribution >= 0.6 is 0 Å². The molecule has 4 nitrogen and oxygen atoms in total. The normalized spacial score (nSPS) is 23.0. The van der Waals surface area contributed by atoms with Crippen LogP contribution in [0.4, 0.5) is 0 Å². The summed E-state index contributed by atoms with van der Waals surface area (Å²) in [7, 11) is -1.86. The maximum Gasteiger partial charge on any atom is 0.186 e. The standard InChI is InChI=1S/C16H25NO3S/c1-3-12-17-13-8-4-6-10-15(13)21(18,19)16-11-7-5-9-14(16)20-2/h5,7,9,11,13,15,17H,3-4,6,8,10,12H2,1-2H3. The van der Waals surface area contributed by atoms with Crippen molar-refractivity contribution in [1.82, 2.24) is 5.32 Å². The third-order valence-corrected chi connectivity index (χ3v) is 6.44. The van der Waals surface area contributed by atoms with Crippen molar-refractivity contribution in [3.05, 3.63) is 24.3 Å². The second kappa shape index (κ2) is 7.27. The first-order valence-corrected chi connectivity index (χ1v) is 9.26. The number of methoxy groups -OCH3 is 1. The van der Waals surface area contributed by atoms with Crippen LogP contribution in [0, 0.1) is 0 Å². The minimum absolute atomic E-state index is 0.0496. The van der Waals surface area contributed by atoms with Gasteiger partial charge in [-0.1, -0.05) is 31.9 Å². The van der Waals surface area contributed by atoms with Crippen LogP contribution in [0.2, 0.25) is 0 Å². The average Bonchev–Trinajstić information content (AvgIpc) is 2.53. The monoisotopic (exact) mass is 311 g/mol. The maximum absolute atomic E-state index is 13.0. The minimum atomic E-state index is -3.37. The van der Waals surface area contributed by atoms with Gasteiger partial charge in [0.05, 0.1) is 12.4 Å². The van der Waals surface area contributed by atoms with Crippen LogP contribution in [0.15, 0.2) is 29.2 Å². The molecule has 21 heavy (non-hydrogen) atoms. The van der Waals surface area contributed by atoms with Crippen molar-refractivity contribution in [2.24, 2.45) is 0 Å². The topological polar surface area (TPSA) is 55.4 Å². The zero-order chi connectivity index (χ0) is 15.3. The second-order valence-electron chi connectivity index (χ2n) is 5.58. The summed E-state index contributed by atoms with van der Waals surface area (Å²) in [4.78, 5) is 0.322. The van der Waals surface area contributed by atoms with Crippen molar-refractivity contribution in [3.63, 3.8) is 0 Å². The summed E-state index contributed by atoms with van der Waals surface area (Å²) >= 11 is 0. The Bertz CT molecular complexity index is 556. The SMILES string of the molecule is CCCNC1CCCCC1S(=O)(=O)c1ccccc1OC. The molecule has 2 unspecified atom stereocenters. The first kappa shape index (κ1) is 16.3. The molecule has 2 rings (SSSR count). The van der Waals surface area contributed by atoms with Gasteiger partial charge in [-0.2, -0.15) is 0 Å². The van der Waals surface area contributed by atoms with Gasteiger partial charge in [0, 0.05) is 6.04 Å². The molecule has 1 fully saturated rings. The Morgan fingerprint density at radius 2 is 1.95 bits per heavy atom. The number of para-hydroxylation sites is 1. The molecule has 0 aliphatic heterocycles. The van der Waals surface area contributed by atoms with Crippen molar-refractivity contribution >= 4 is 9.84 Å². The molecular formula is C16H25NO3S. The van der Waals surface area contributed by atoms with Gasteiger partial charge in [-0.25, -0.2) is 8.42 Å². The maximum atomic E-state index is 13.0. The fourth-order valence-corrected chi connectivity index (χ4v) is 5.22. The Balaban J connectivity index is 2.31. The summed E-state index contributed by atoms with van der Waals surface area (Å²) in [6.07, 6.45) is 4.74. The first-order chi connectivity index (χ1) is 10.1. The van der Waals surface area contributed by atoms with Crippen LogP contribution in [0.25, 0.3) is 0 Å². The number of hydrogen-bond donors (Lipinski definition) is 1. The lowest BCUT2D eigenvalue weighted by Gasteiger charge is -2.32. The van der Waals surface area contributed by atoms with Gasteiger partial charge in [0.1, 0.15) is 10.6 Å². The summed E-state index contributed by atoms with van der Waals surface area (Å²) in [6, 6.07) is 6.97. The van der Waals surface area contributed by atoms with Gasteiger partial charge in [-0.05, 0) is 37.9 Å². The van der Waals surface area contributed by atoms with E-state index in [1.54, 1.807) is 24.3 Å². The van der Waals surface area contributed by atoms with Crippen LogP contribution in [-0.2, 0) is 9.84 Å². The fraction of sp³-hybridized carbons (Fsp3) is 0.625. The van der Waals surface area contributed by atoms with E-state index < -0.39 is 9.84 Å². The van der Waals surface area contributed by atoms with E-state index in [1.807, 2.05) is 0 Å². The Kier molecular flexibility index (Phi) is 5.65. The summed E-state index contributed by atoms with van der Waals surface area (Å²) in [5, 5.41) is 3.06. The number of benzene rings is 1. The fourth-order valence-electron chi connectivity index (χ4n) is 3.05. The summed E-state index contributed by atoms with van der Waals surface area (Å²) < 4.78 is 31.3. The Hall–Kier alpha value is -1.07. The van der Waals surface area contributed by atoms with Crippen molar-refractivity contribution in [2.45, 2.75) is 55.2 Å². The molecule has 0 aromatic heterocycles. The molecular weight excluding hydrogens is 286 g/mol. The molecule has 0 heterocycles. The smallest absolute Gasteiger partial charge is 0.186 e. The largest absolute Gasteiger partial charge is 0.495 e. The second-order valence-corrected chi connectivity index (χ2v) is 7.71. The highest BCUT2D eigenvalue weighted by Gasteiger charge is 2.37. The third kappa shape index (κ3) is 3.58. The van der Waals surface area contributed by atoms with Crippen LogP contribution in [0.3, 0.4) is 0 Å². The van der Waals surface area contributed by atoms with E-state index in [9.17, 15) is 8.42 Å². The summed E-state index contributed by atoms with van der Waals surface area (Å²) in [5.74, 6) is 0.442. The predicted octanol–water partition coefficient (Wildman–Crippen LogP) is 2.78. The average molecular weight is 311 g/mol. The van der Waals surface area contributed by atoms with Gasteiger partial charge in [0.2, 0.25) is 0 Å². The van der Waals surface area contributed by atoms with E-state index in [2.05, 4.69) is 12.2 Å². The third-order valence-electron chi connectivity index (χ3n) is 4.13. The first-order valence-electron chi connectivity index (χ1n) is 7.71. The molecule has 1 saturated carbocycles. The highest BCUT2D eigenvalue weighted by molar-refractivity contribution is 7.92. The molecule has 0 saturated heterocycles. The molecule has 5 heteroatoms. The van der Waals surface area contributed by atoms with Crippen LogP contribution in [0.5, 0.6) is 5.75 Å². The Labute approximate surface area is 127 Å². The zero-order valence-electron chi connectivity index (χ0n) is 12.8. The molecule has 1 aliphatic carbocycles. The lowest BCUT2D eigenvalue weighted by Crippen LogP contribution is -2.46. The van der Waals surface area contributed by atoms with E-state index >= 15 is 0 Å². The molecule has 2 atom stereocenters. The summed E-state index contributed by atoms with van der Waals surface area (Å²) in [6.45, 7) is 2.96. The molecule has 0 bridgehead atoms. The van der Waals surface area contributed by atoms with E-state index in [4.69, 9.17) is 4.74 Å². The highest BCUT2D eigenvalue weighted by Crippen LogP contribution is 2.33. The quantitative estimate of drug-likeness (QED) is 0.877. The molecule has 0 spiro atoms. The Morgan fingerprint density at radius 3 is 2.67 bits per heavy atom. The number of hydrogen-bond acceptors (Lipinski definition) is 4. The minimum Gasteiger partial charge on any atom is -0.495 e. The predicted molar refractivity (Wildman–Crippen MR) is 84.5 cm³/mol. The van der Waals surface area contributed by atoms with Crippen molar-refractivity contribution in [3.8, 4) is 5.75 Å². The molecule has 1 N–H and O–H groups in total. The Morgan fingerprint density at radius 1 is 1.24 bits per heavy atom. The van der Waals surface area contributed by atoms with Gasteiger partial charge >= 0.3 is 0 Å². The van der Waals surface area contributed by atoms with Crippen molar-refractivity contribution < 1.29 is 13.2 Å². The van der Waals surface area contributed by atoms with E-state index in [1.165, 1.54) is 7.11 Å². The van der Waals surface area contributed by atoms with E-state index in [0.717, 1.165) is 38.6 Å². The van der Waals surface area contributed by atoms with Gasteiger partial charge < -0.3 is 10.1 Å². The van der Waals surface area contributed by atoms with E-state index in [0.29, 0.717) is 10.6 Å². The van der Waals surface area contributed by atoms with Crippen LogP contribution in [0.1, 0.15) is 39.0 Å². The van der Waals surface area contributed by atoms with Crippen LogP contribution < -0.4 is 10.1 Å². The van der Waals surface area contributed by atoms with Gasteiger partial charge in [-0.3, -0.25) is 0 Å². The molecule has 1 aromatic rings. The molecule has 0 radical (unpaired) electrons. The highest BCUT2D eigenvalue weighted by atomic mass is 32.2. The van der Waals surface area contributed by atoms with E-state index in [-0.39, 0.29) is 11.3 Å². The van der Waals surface area contributed by atoms with Gasteiger partial charge in [0.15, 0.2) is 9.84 Å². The number of rotatable bonds is 6. The zero-order valence-corrected chi connectivity index (χ0v) is 13.7.